The van der Waals surface area contributed by atoms with E-state index in [9.17, 15) is 4.79 Å². The van der Waals surface area contributed by atoms with Crippen LogP contribution in [0.5, 0.6) is 0 Å². The Morgan fingerprint density at radius 1 is 1.30 bits per heavy atom. The van der Waals surface area contributed by atoms with Crippen molar-refractivity contribution in [2.24, 2.45) is 0 Å². The van der Waals surface area contributed by atoms with Gasteiger partial charge in [0.1, 0.15) is 0 Å². The molecule has 0 spiro atoms. The summed E-state index contributed by atoms with van der Waals surface area (Å²) in [7, 11) is 1.94. The molecule has 1 aromatic carbocycles. The van der Waals surface area contributed by atoms with Crippen LogP contribution in [0.25, 0.3) is 0 Å². The second-order valence-electron chi connectivity index (χ2n) is 5.69. The van der Waals surface area contributed by atoms with Crippen LogP contribution < -0.4 is 5.32 Å². The minimum Gasteiger partial charge on any atom is -0.339 e. The van der Waals surface area contributed by atoms with Gasteiger partial charge in [-0.3, -0.25) is 4.79 Å². The third kappa shape index (κ3) is 3.18. The van der Waals surface area contributed by atoms with E-state index in [4.69, 9.17) is 0 Å². The van der Waals surface area contributed by atoms with Crippen molar-refractivity contribution in [1.82, 2.24) is 10.2 Å². The Labute approximate surface area is 134 Å². The summed E-state index contributed by atoms with van der Waals surface area (Å²) in [5.74, 6) is 0.132. The highest BCUT2D eigenvalue weighted by atomic mass is 79.9. The normalized spacial score (nSPS) is 27.8. The van der Waals surface area contributed by atoms with Gasteiger partial charge >= 0.3 is 0 Å². The third-order valence-electron chi connectivity index (χ3n) is 4.39. The summed E-state index contributed by atoms with van der Waals surface area (Å²) in [6.45, 7) is 0. The zero-order valence-electron chi connectivity index (χ0n) is 11.5. The Hall–Kier alpha value is -0.580. The van der Waals surface area contributed by atoms with E-state index >= 15 is 0 Å². The Balaban J connectivity index is 0.00000147. The second-order valence-corrected chi connectivity index (χ2v) is 6.61. The molecule has 0 aromatic heterocycles. The number of benzene rings is 1. The maximum absolute atomic E-state index is 12.5. The maximum atomic E-state index is 12.5. The lowest BCUT2D eigenvalue weighted by Crippen LogP contribution is -2.48. The summed E-state index contributed by atoms with van der Waals surface area (Å²) in [6, 6.07) is 9.25. The van der Waals surface area contributed by atoms with Crippen molar-refractivity contribution in [2.45, 2.75) is 43.8 Å². The molecule has 0 aliphatic carbocycles. The zero-order valence-corrected chi connectivity index (χ0v) is 13.9. The third-order valence-corrected chi connectivity index (χ3v) is 4.88. The topological polar surface area (TPSA) is 32.3 Å². The molecule has 3 rings (SSSR count). The molecular formula is C15H20BrClN2O. The van der Waals surface area contributed by atoms with Crippen molar-refractivity contribution in [3.8, 4) is 0 Å². The molecule has 2 atom stereocenters. The Morgan fingerprint density at radius 3 is 2.55 bits per heavy atom. The number of hydrogen-bond donors (Lipinski definition) is 1. The summed E-state index contributed by atoms with van der Waals surface area (Å²) >= 11 is 3.42. The van der Waals surface area contributed by atoms with Crippen LogP contribution in [0.4, 0.5) is 0 Å². The number of carbonyl (C=O) groups is 1. The van der Waals surface area contributed by atoms with Gasteiger partial charge in [-0.2, -0.15) is 0 Å². The lowest BCUT2D eigenvalue weighted by atomic mass is 9.98. The first-order valence-electron chi connectivity index (χ1n) is 6.92. The van der Waals surface area contributed by atoms with Crippen LogP contribution in [0.15, 0.2) is 28.7 Å². The van der Waals surface area contributed by atoms with Gasteiger partial charge < -0.3 is 10.2 Å². The van der Waals surface area contributed by atoms with Crippen molar-refractivity contribution in [3.63, 3.8) is 0 Å². The van der Waals surface area contributed by atoms with E-state index in [2.05, 4.69) is 21.2 Å². The van der Waals surface area contributed by atoms with Crippen LogP contribution in [-0.4, -0.2) is 36.0 Å². The average molecular weight is 360 g/mol. The number of hydrogen-bond acceptors (Lipinski definition) is 2. The lowest BCUT2D eigenvalue weighted by molar-refractivity contribution is 0.0681. The standard InChI is InChI=1S/C15H19BrN2O.ClH/c1-18(14-8-12-5-6-13(9-14)17-12)15(19)10-3-2-4-11(16)7-10;/h2-4,7,12-14,17H,5-6,8-9H2,1H3;1H. The van der Waals surface area contributed by atoms with E-state index < -0.39 is 0 Å². The molecule has 2 fully saturated rings. The summed E-state index contributed by atoms with van der Waals surface area (Å²) in [6.07, 6.45) is 4.71. The molecule has 0 radical (unpaired) electrons. The second kappa shape index (κ2) is 6.46. The van der Waals surface area contributed by atoms with Gasteiger partial charge in [0.15, 0.2) is 0 Å². The molecule has 1 N–H and O–H groups in total. The number of rotatable bonds is 2. The fourth-order valence-corrected chi connectivity index (χ4v) is 3.73. The molecule has 2 saturated heterocycles. The largest absolute Gasteiger partial charge is 0.339 e. The number of halogens is 2. The number of nitrogens with zero attached hydrogens (tertiary/aromatic N) is 1. The summed E-state index contributed by atoms with van der Waals surface area (Å²) in [5.41, 5.74) is 0.766. The van der Waals surface area contributed by atoms with E-state index in [0.717, 1.165) is 22.9 Å². The quantitative estimate of drug-likeness (QED) is 0.879. The first kappa shape index (κ1) is 15.8. The monoisotopic (exact) mass is 358 g/mol. The highest BCUT2D eigenvalue weighted by Crippen LogP contribution is 2.30. The molecule has 5 heteroatoms. The number of nitrogens with one attached hydrogen (secondary N) is 1. The maximum Gasteiger partial charge on any atom is 0.253 e. The zero-order chi connectivity index (χ0) is 13.4. The summed E-state index contributed by atoms with van der Waals surface area (Å²) in [4.78, 5) is 14.5. The smallest absolute Gasteiger partial charge is 0.253 e. The summed E-state index contributed by atoms with van der Waals surface area (Å²) < 4.78 is 0.956. The predicted octanol–water partition coefficient (Wildman–Crippen LogP) is 3.23. The highest BCUT2D eigenvalue weighted by Gasteiger charge is 2.36. The molecule has 3 nitrogen and oxygen atoms in total. The van der Waals surface area contributed by atoms with E-state index in [1.165, 1.54) is 12.8 Å². The van der Waals surface area contributed by atoms with Crippen LogP contribution in [0.1, 0.15) is 36.0 Å². The van der Waals surface area contributed by atoms with Gasteiger partial charge in [-0.15, -0.1) is 12.4 Å². The predicted molar refractivity (Wildman–Crippen MR) is 86.5 cm³/mol. The molecular weight excluding hydrogens is 340 g/mol. The van der Waals surface area contributed by atoms with Crippen LogP contribution in [0.3, 0.4) is 0 Å². The van der Waals surface area contributed by atoms with Crippen LogP contribution in [0.2, 0.25) is 0 Å². The van der Waals surface area contributed by atoms with Gasteiger partial charge in [-0.1, -0.05) is 22.0 Å². The SMILES string of the molecule is CN(C(=O)c1cccc(Br)c1)C1CC2CCC(C1)N2.Cl. The molecule has 2 aliphatic heterocycles. The van der Waals surface area contributed by atoms with E-state index in [-0.39, 0.29) is 18.3 Å². The molecule has 0 saturated carbocycles. The Morgan fingerprint density at radius 2 is 1.95 bits per heavy atom. The summed E-state index contributed by atoms with van der Waals surface area (Å²) in [5, 5.41) is 3.62. The molecule has 2 heterocycles. The average Bonchev–Trinajstić information content (AvgIpc) is 2.76. The van der Waals surface area contributed by atoms with E-state index in [1.54, 1.807) is 0 Å². The minimum absolute atomic E-state index is 0. The van der Waals surface area contributed by atoms with Crippen LogP contribution in [-0.2, 0) is 0 Å². The van der Waals surface area contributed by atoms with Crippen molar-refractivity contribution < 1.29 is 4.79 Å². The van der Waals surface area contributed by atoms with Gasteiger partial charge in [0, 0.05) is 35.2 Å². The molecule has 2 unspecified atom stereocenters. The first-order valence-corrected chi connectivity index (χ1v) is 7.71. The fourth-order valence-electron chi connectivity index (χ4n) is 3.33. The van der Waals surface area contributed by atoms with Crippen molar-refractivity contribution in [1.29, 1.82) is 0 Å². The molecule has 1 aromatic rings. The molecule has 110 valence electrons. The number of carbonyl (C=O) groups excluding carboxylic acids is 1. The van der Waals surface area contributed by atoms with E-state index in [0.29, 0.717) is 18.1 Å². The molecule has 2 bridgehead atoms. The van der Waals surface area contributed by atoms with Gasteiger partial charge in [0.05, 0.1) is 0 Å². The number of fused-ring (bicyclic) bond motifs is 2. The van der Waals surface area contributed by atoms with Crippen LogP contribution in [0, 0.1) is 0 Å². The minimum atomic E-state index is 0. The Kier molecular flexibility index (Phi) is 5.10. The van der Waals surface area contributed by atoms with Crippen molar-refractivity contribution in [3.05, 3.63) is 34.3 Å². The lowest BCUT2D eigenvalue weighted by Gasteiger charge is -2.35. The first-order chi connectivity index (χ1) is 9.13. The van der Waals surface area contributed by atoms with Gasteiger partial charge in [0.2, 0.25) is 0 Å². The van der Waals surface area contributed by atoms with Crippen molar-refractivity contribution >= 4 is 34.2 Å². The fraction of sp³-hybridized carbons (Fsp3) is 0.533. The van der Waals surface area contributed by atoms with Gasteiger partial charge in [0.25, 0.3) is 5.91 Å². The van der Waals surface area contributed by atoms with Crippen LogP contribution >= 0.6 is 28.3 Å². The number of amides is 1. The molecule has 1 amide bonds. The number of piperidine rings is 1. The Bertz CT molecular complexity index is 485. The molecule has 2 aliphatic rings. The van der Waals surface area contributed by atoms with E-state index in [1.807, 2.05) is 36.2 Å². The molecule has 20 heavy (non-hydrogen) atoms. The van der Waals surface area contributed by atoms with Gasteiger partial charge in [-0.05, 0) is 43.9 Å². The van der Waals surface area contributed by atoms with Gasteiger partial charge in [-0.25, -0.2) is 0 Å². The highest BCUT2D eigenvalue weighted by molar-refractivity contribution is 9.10. The van der Waals surface area contributed by atoms with Crippen molar-refractivity contribution in [2.75, 3.05) is 7.05 Å².